The molecule has 1 heterocycles. The molecule has 1 aliphatic rings. The molecule has 1 aliphatic heterocycles. The van der Waals surface area contributed by atoms with Crippen LogP contribution in [0.25, 0.3) is 0 Å². The Labute approximate surface area is 82.9 Å². The van der Waals surface area contributed by atoms with Crippen molar-refractivity contribution < 1.29 is 9.53 Å². The van der Waals surface area contributed by atoms with Crippen LogP contribution in [0.2, 0.25) is 0 Å². The standard InChI is InChI=1S/C8H15ClN2O2/c1-6(12)13-8(9)7-3-2-4-10-11-5-7/h7-8,10-11H,2-5H2,1H3. The van der Waals surface area contributed by atoms with Gasteiger partial charge in [0.25, 0.3) is 0 Å². The Morgan fingerprint density at radius 1 is 1.62 bits per heavy atom. The Bertz CT molecular complexity index is 170. The van der Waals surface area contributed by atoms with Crippen molar-refractivity contribution in [3.8, 4) is 0 Å². The zero-order chi connectivity index (χ0) is 9.68. The minimum Gasteiger partial charge on any atom is -0.446 e. The Hall–Kier alpha value is -0.320. The van der Waals surface area contributed by atoms with E-state index < -0.39 is 5.56 Å². The van der Waals surface area contributed by atoms with Gasteiger partial charge in [-0.1, -0.05) is 11.6 Å². The van der Waals surface area contributed by atoms with Gasteiger partial charge in [0.15, 0.2) is 5.56 Å². The maximum atomic E-state index is 10.6. The average molecular weight is 207 g/mol. The van der Waals surface area contributed by atoms with Gasteiger partial charge in [0.1, 0.15) is 0 Å². The number of carbonyl (C=O) groups is 1. The Balaban J connectivity index is 2.34. The van der Waals surface area contributed by atoms with Gasteiger partial charge in [0.2, 0.25) is 0 Å². The highest BCUT2D eigenvalue weighted by Crippen LogP contribution is 2.18. The van der Waals surface area contributed by atoms with Crippen LogP contribution < -0.4 is 10.9 Å². The van der Waals surface area contributed by atoms with Crippen LogP contribution >= 0.6 is 11.6 Å². The molecule has 0 aromatic heterocycles. The Kier molecular flexibility index (Phi) is 4.48. The third-order valence-electron chi connectivity index (χ3n) is 2.02. The van der Waals surface area contributed by atoms with Gasteiger partial charge >= 0.3 is 5.97 Å². The van der Waals surface area contributed by atoms with Gasteiger partial charge in [-0.25, -0.2) is 0 Å². The van der Waals surface area contributed by atoms with E-state index in [-0.39, 0.29) is 11.9 Å². The molecule has 0 aromatic rings. The number of halogens is 1. The maximum Gasteiger partial charge on any atom is 0.304 e. The molecule has 2 unspecified atom stereocenters. The number of nitrogens with one attached hydrogen (secondary N) is 2. The van der Waals surface area contributed by atoms with E-state index in [1.807, 2.05) is 0 Å². The second kappa shape index (κ2) is 5.42. The number of ether oxygens (including phenoxy) is 1. The highest BCUT2D eigenvalue weighted by molar-refractivity contribution is 6.20. The van der Waals surface area contributed by atoms with Crippen molar-refractivity contribution in [2.24, 2.45) is 5.92 Å². The summed E-state index contributed by atoms with van der Waals surface area (Å²) in [7, 11) is 0. The predicted molar refractivity (Wildman–Crippen MR) is 50.1 cm³/mol. The summed E-state index contributed by atoms with van der Waals surface area (Å²) < 4.78 is 4.90. The number of hydrazine groups is 1. The molecule has 1 rings (SSSR count). The van der Waals surface area contributed by atoms with E-state index in [1.54, 1.807) is 0 Å². The van der Waals surface area contributed by atoms with E-state index in [4.69, 9.17) is 16.3 Å². The maximum absolute atomic E-state index is 10.6. The molecule has 4 nitrogen and oxygen atoms in total. The molecular weight excluding hydrogens is 192 g/mol. The largest absolute Gasteiger partial charge is 0.446 e. The fourth-order valence-electron chi connectivity index (χ4n) is 1.32. The molecule has 0 aliphatic carbocycles. The van der Waals surface area contributed by atoms with Gasteiger partial charge in [0.05, 0.1) is 0 Å². The molecule has 0 amide bonds. The first-order valence-corrected chi connectivity index (χ1v) is 4.91. The number of hydrogen-bond acceptors (Lipinski definition) is 4. The van der Waals surface area contributed by atoms with Crippen LogP contribution in [0.5, 0.6) is 0 Å². The van der Waals surface area contributed by atoms with Gasteiger partial charge in [-0.2, -0.15) is 0 Å². The van der Waals surface area contributed by atoms with Crippen LogP contribution in [-0.4, -0.2) is 24.6 Å². The lowest BCUT2D eigenvalue weighted by Gasteiger charge is -2.19. The van der Waals surface area contributed by atoms with E-state index in [1.165, 1.54) is 6.92 Å². The number of esters is 1. The number of carbonyl (C=O) groups excluding carboxylic acids is 1. The lowest BCUT2D eigenvalue weighted by molar-refractivity contribution is -0.144. The SMILES string of the molecule is CC(=O)OC(Cl)C1CCCNNC1. The molecule has 1 saturated heterocycles. The van der Waals surface area contributed by atoms with Gasteiger partial charge < -0.3 is 4.74 Å². The molecule has 0 aromatic carbocycles. The summed E-state index contributed by atoms with van der Waals surface area (Å²) in [4.78, 5) is 10.6. The number of hydrogen-bond donors (Lipinski definition) is 2. The normalized spacial score (nSPS) is 26.2. The molecule has 5 heteroatoms. The van der Waals surface area contributed by atoms with Crippen molar-refractivity contribution in [2.75, 3.05) is 13.1 Å². The second-order valence-electron chi connectivity index (χ2n) is 3.17. The van der Waals surface area contributed by atoms with Crippen LogP contribution in [0.3, 0.4) is 0 Å². The van der Waals surface area contributed by atoms with Crippen molar-refractivity contribution >= 4 is 17.6 Å². The molecule has 0 radical (unpaired) electrons. The summed E-state index contributed by atoms with van der Waals surface area (Å²) in [5, 5.41) is 0. The summed E-state index contributed by atoms with van der Waals surface area (Å²) in [5.74, 6) is -0.127. The topological polar surface area (TPSA) is 50.4 Å². The fraction of sp³-hybridized carbons (Fsp3) is 0.875. The summed E-state index contributed by atoms with van der Waals surface area (Å²) in [5.41, 5.74) is 5.55. The summed E-state index contributed by atoms with van der Waals surface area (Å²) in [6.07, 6.45) is 2.02. The monoisotopic (exact) mass is 206 g/mol. The van der Waals surface area contributed by atoms with Crippen molar-refractivity contribution in [1.29, 1.82) is 0 Å². The van der Waals surface area contributed by atoms with E-state index in [0.29, 0.717) is 0 Å². The molecule has 2 atom stereocenters. The average Bonchev–Trinajstić information content (AvgIpc) is 2.29. The van der Waals surface area contributed by atoms with Crippen molar-refractivity contribution in [2.45, 2.75) is 25.3 Å². The number of rotatable bonds is 2. The zero-order valence-electron chi connectivity index (χ0n) is 7.68. The molecule has 0 bridgehead atoms. The first-order chi connectivity index (χ1) is 6.20. The quantitative estimate of drug-likeness (QED) is 0.514. The molecule has 1 fully saturated rings. The summed E-state index contributed by atoms with van der Waals surface area (Å²) in [6, 6.07) is 0. The lowest BCUT2D eigenvalue weighted by atomic mass is 10.1. The van der Waals surface area contributed by atoms with E-state index in [9.17, 15) is 4.79 Å². The second-order valence-corrected chi connectivity index (χ2v) is 3.60. The highest BCUT2D eigenvalue weighted by atomic mass is 35.5. The smallest absolute Gasteiger partial charge is 0.304 e. The minimum atomic E-state index is -0.509. The van der Waals surface area contributed by atoms with Gasteiger partial charge in [-0.05, 0) is 12.8 Å². The molecule has 76 valence electrons. The summed E-state index contributed by atoms with van der Waals surface area (Å²) in [6.45, 7) is 3.04. The fourth-order valence-corrected chi connectivity index (χ4v) is 1.67. The number of alkyl halides is 1. The van der Waals surface area contributed by atoms with Gasteiger partial charge in [0, 0.05) is 25.9 Å². The van der Waals surface area contributed by atoms with Crippen LogP contribution in [0, 0.1) is 5.92 Å². The third kappa shape index (κ3) is 3.93. The molecule has 13 heavy (non-hydrogen) atoms. The van der Waals surface area contributed by atoms with Crippen LogP contribution in [-0.2, 0) is 9.53 Å². The lowest BCUT2D eigenvalue weighted by Crippen LogP contribution is -2.36. The van der Waals surface area contributed by atoms with Crippen molar-refractivity contribution in [1.82, 2.24) is 10.9 Å². The van der Waals surface area contributed by atoms with Gasteiger partial charge in [-0.15, -0.1) is 0 Å². The molecule has 0 spiro atoms. The Morgan fingerprint density at radius 2 is 2.38 bits per heavy atom. The van der Waals surface area contributed by atoms with Crippen LogP contribution in [0.1, 0.15) is 19.8 Å². The summed E-state index contributed by atoms with van der Waals surface area (Å²) >= 11 is 5.92. The van der Waals surface area contributed by atoms with Crippen LogP contribution in [0.4, 0.5) is 0 Å². The van der Waals surface area contributed by atoms with E-state index in [2.05, 4.69) is 10.9 Å². The minimum absolute atomic E-state index is 0.195. The Morgan fingerprint density at radius 3 is 3.08 bits per heavy atom. The van der Waals surface area contributed by atoms with Gasteiger partial charge in [-0.3, -0.25) is 15.6 Å². The predicted octanol–water partition coefficient (Wildman–Crippen LogP) is 0.619. The van der Waals surface area contributed by atoms with E-state index >= 15 is 0 Å². The van der Waals surface area contributed by atoms with E-state index in [0.717, 1.165) is 25.9 Å². The first-order valence-electron chi connectivity index (χ1n) is 4.47. The molecule has 0 saturated carbocycles. The highest BCUT2D eigenvalue weighted by Gasteiger charge is 2.22. The first kappa shape index (κ1) is 10.8. The third-order valence-corrected chi connectivity index (χ3v) is 2.46. The van der Waals surface area contributed by atoms with Crippen molar-refractivity contribution in [3.05, 3.63) is 0 Å². The van der Waals surface area contributed by atoms with Crippen LogP contribution in [0.15, 0.2) is 0 Å². The molecular formula is C8H15ClN2O2. The van der Waals surface area contributed by atoms with Crippen molar-refractivity contribution in [3.63, 3.8) is 0 Å². The molecule has 2 N–H and O–H groups in total. The zero-order valence-corrected chi connectivity index (χ0v) is 8.43.